The van der Waals surface area contributed by atoms with E-state index in [0.29, 0.717) is 46.7 Å². The third-order valence-corrected chi connectivity index (χ3v) is 5.16. The summed E-state index contributed by atoms with van der Waals surface area (Å²) in [5.41, 5.74) is 4.10. The molecule has 2 aromatic carbocycles. The summed E-state index contributed by atoms with van der Waals surface area (Å²) in [6.45, 7) is 2.00. The number of hydrogen-bond acceptors (Lipinski definition) is 6. The van der Waals surface area contributed by atoms with Gasteiger partial charge in [-0.2, -0.15) is 0 Å². The summed E-state index contributed by atoms with van der Waals surface area (Å²) in [6, 6.07) is 14.6. The van der Waals surface area contributed by atoms with Gasteiger partial charge in [-0.05, 0) is 37.9 Å². The highest BCUT2D eigenvalue weighted by Crippen LogP contribution is 2.36. The highest BCUT2D eigenvalue weighted by molar-refractivity contribution is 6.31. The van der Waals surface area contributed by atoms with Crippen molar-refractivity contribution in [1.82, 2.24) is 9.88 Å². The Morgan fingerprint density at radius 1 is 0.833 bits per heavy atom. The SMILES string of the molecule is CN(C)CCNc1ccc(NCc2cccnc2)c2c1C(=O)c1ccccc1C2=O. The minimum absolute atomic E-state index is 0.127. The standard InChI is InChI=1S/C24H24N4O2/c1-28(2)13-12-26-19-9-10-20(27-15-16-6-5-11-25-14-16)22-21(19)23(29)17-7-3-4-8-18(17)24(22)30/h3-11,14,26-27H,12-13,15H2,1-2H3. The van der Waals surface area contributed by atoms with Gasteiger partial charge in [0.25, 0.3) is 0 Å². The van der Waals surface area contributed by atoms with Gasteiger partial charge in [0.05, 0.1) is 11.1 Å². The number of fused-ring (bicyclic) bond motifs is 2. The van der Waals surface area contributed by atoms with Gasteiger partial charge in [-0.25, -0.2) is 0 Å². The van der Waals surface area contributed by atoms with E-state index in [1.165, 1.54) is 0 Å². The number of hydrogen-bond donors (Lipinski definition) is 2. The van der Waals surface area contributed by atoms with Gasteiger partial charge in [-0.1, -0.05) is 30.3 Å². The Labute approximate surface area is 175 Å². The molecule has 0 bridgehead atoms. The molecule has 6 heteroatoms. The Balaban J connectivity index is 1.74. The number of rotatable bonds is 7. The topological polar surface area (TPSA) is 74.3 Å². The van der Waals surface area contributed by atoms with Gasteiger partial charge in [0.1, 0.15) is 0 Å². The van der Waals surface area contributed by atoms with Gasteiger partial charge in [-0.15, -0.1) is 0 Å². The molecule has 6 nitrogen and oxygen atoms in total. The minimum atomic E-state index is -0.134. The molecule has 1 heterocycles. The smallest absolute Gasteiger partial charge is 0.196 e. The maximum Gasteiger partial charge on any atom is 0.196 e. The summed E-state index contributed by atoms with van der Waals surface area (Å²) in [5, 5.41) is 6.66. The molecule has 1 aliphatic rings. The number of likely N-dealkylation sites (N-methyl/N-ethyl adjacent to an activating group) is 1. The van der Waals surface area contributed by atoms with E-state index in [4.69, 9.17) is 0 Å². The predicted octanol–water partition coefficient (Wildman–Crippen LogP) is 3.44. The Bertz CT molecular complexity index is 1090. The first-order valence-corrected chi connectivity index (χ1v) is 9.93. The molecule has 4 rings (SSSR count). The molecule has 0 atom stereocenters. The Hall–Kier alpha value is -3.51. The molecule has 0 saturated heterocycles. The Morgan fingerprint density at radius 3 is 2.03 bits per heavy atom. The van der Waals surface area contributed by atoms with E-state index in [2.05, 4.69) is 20.5 Å². The Kier molecular flexibility index (Phi) is 5.59. The average Bonchev–Trinajstić information content (AvgIpc) is 2.76. The van der Waals surface area contributed by atoms with Crippen LogP contribution in [-0.2, 0) is 6.54 Å². The molecule has 152 valence electrons. The fourth-order valence-corrected chi connectivity index (χ4v) is 3.63. The lowest BCUT2D eigenvalue weighted by molar-refractivity contribution is 0.0980. The second-order valence-corrected chi connectivity index (χ2v) is 7.56. The quantitative estimate of drug-likeness (QED) is 0.495. The monoisotopic (exact) mass is 400 g/mol. The van der Waals surface area contributed by atoms with E-state index in [1.807, 2.05) is 38.4 Å². The van der Waals surface area contributed by atoms with Crippen LogP contribution in [-0.4, -0.2) is 48.6 Å². The van der Waals surface area contributed by atoms with E-state index in [9.17, 15) is 9.59 Å². The van der Waals surface area contributed by atoms with Gasteiger partial charge < -0.3 is 15.5 Å². The third kappa shape index (κ3) is 3.82. The van der Waals surface area contributed by atoms with Crippen LogP contribution in [0, 0.1) is 0 Å². The summed E-state index contributed by atoms with van der Waals surface area (Å²) in [4.78, 5) is 32.9. The molecule has 30 heavy (non-hydrogen) atoms. The van der Waals surface area contributed by atoms with Crippen LogP contribution >= 0.6 is 0 Å². The number of ketones is 2. The van der Waals surface area contributed by atoms with Crippen molar-refractivity contribution in [2.24, 2.45) is 0 Å². The highest BCUT2D eigenvalue weighted by atomic mass is 16.1. The average molecular weight is 400 g/mol. The first kappa shape index (κ1) is 19.8. The predicted molar refractivity (Wildman–Crippen MR) is 118 cm³/mol. The second kappa shape index (κ2) is 8.47. The van der Waals surface area contributed by atoms with E-state index in [1.54, 1.807) is 36.7 Å². The molecule has 0 saturated carbocycles. The van der Waals surface area contributed by atoms with Crippen LogP contribution in [0.2, 0.25) is 0 Å². The maximum absolute atomic E-state index is 13.4. The second-order valence-electron chi connectivity index (χ2n) is 7.56. The number of nitrogens with zero attached hydrogens (tertiary/aromatic N) is 2. The van der Waals surface area contributed by atoms with Gasteiger partial charge >= 0.3 is 0 Å². The van der Waals surface area contributed by atoms with Gasteiger partial charge in [-0.3, -0.25) is 14.6 Å². The molecular formula is C24H24N4O2. The first-order chi connectivity index (χ1) is 14.6. The molecule has 0 unspecified atom stereocenters. The van der Waals surface area contributed by atoms with E-state index >= 15 is 0 Å². The molecular weight excluding hydrogens is 376 g/mol. The van der Waals surface area contributed by atoms with Crippen molar-refractivity contribution < 1.29 is 9.59 Å². The van der Waals surface area contributed by atoms with Crippen LogP contribution in [0.4, 0.5) is 11.4 Å². The van der Waals surface area contributed by atoms with Gasteiger partial charge in [0, 0.05) is 54.5 Å². The molecule has 2 N–H and O–H groups in total. The number of benzene rings is 2. The molecule has 1 aromatic heterocycles. The number of aromatic nitrogens is 1. The lowest BCUT2D eigenvalue weighted by atomic mass is 9.82. The summed E-state index contributed by atoms with van der Waals surface area (Å²) >= 11 is 0. The summed E-state index contributed by atoms with van der Waals surface area (Å²) in [7, 11) is 3.99. The molecule has 0 aliphatic heterocycles. The Morgan fingerprint density at radius 2 is 1.47 bits per heavy atom. The molecule has 0 radical (unpaired) electrons. The fourth-order valence-electron chi connectivity index (χ4n) is 3.63. The van der Waals surface area contributed by atoms with Crippen molar-refractivity contribution in [2.75, 3.05) is 37.8 Å². The van der Waals surface area contributed by atoms with Crippen molar-refractivity contribution in [3.8, 4) is 0 Å². The van der Waals surface area contributed by atoms with E-state index in [0.717, 1.165) is 12.1 Å². The minimum Gasteiger partial charge on any atom is -0.383 e. The maximum atomic E-state index is 13.4. The molecule has 1 aliphatic carbocycles. The summed E-state index contributed by atoms with van der Waals surface area (Å²) in [5.74, 6) is -0.261. The number of carbonyl (C=O) groups is 2. The van der Waals surface area contributed by atoms with Crippen LogP contribution in [0.3, 0.4) is 0 Å². The van der Waals surface area contributed by atoms with Gasteiger partial charge in [0.2, 0.25) is 0 Å². The first-order valence-electron chi connectivity index (χ1n) is 9.93. The molecule has 3 aromatic rings. The molecule has 0 fully saturated rings. The van der Waals surface area contributed by atoms with Crippen LogP contribution in [0.25, 0.3) is 0 Å². The fraction of sp³-hybridized carbons (Fsp3) is 0.208. The number of anilines is 2. The van der Waals surface area contributed by atoms with Crippen LogP contribution in [0.1, 0.15) is 37.4 Å². The summed E-state index contributed by atoms with van der Waals surface area (Å²) < 4.78 is 0. The van der Waals surface area contributed by atoms with Crippen LogP contribution < -0.4 is 10.6 Å². The summed E-state index contributed by atoms with van der Waals surface area (Å²) in [6.07, 6.45) is 3.50. The zero-order valence-electron chi connectivity index (χ0n) is 17.1. The zero-order valence-corrected chi connectivity index (χ0v) is 17.1. The van der Waals surface area contributed by atoms with Crippen molar-refractivity contribution in [2.45, 2.75) is 6.54 Å². The zero-order chi connectivity index (χ0) is 21.1. The normalized spacial score (nSPS) is 12.5. The van der Waals surface area contributed by atoms with E-state index < -0.39 is 0 Å². The van der Waals surface area contributed by atoms with Crippen LogP contribution in [0.15, 0.2) is 60.9 Å². The highest BCUT2D eigenvalue weighted by Gasteiger charge is 2.33. The van der Waals surface area contributed by atoms with Gasteiger partial charge in [0.15, 0.2) is 11.6 Å². The van der Waals surface area contributed by atoms with Crippen molar-refractivity contribution in [3.05, 3.63) is 88.7 Å². The largest absolute Gasteiger partial charge is 0.383 e. The van der Waals surface area contributed by atoms with E-state index in [-0.39, 0.29) is 11.6 Å². The molecule has 0 spiro atoms. The van der Waals surface area contributed by atoms with Crippen molar-refractivity contribution in [1.29, 1.82) is 0 Å². The van der Waals surface area contributed by atoms with Crippen LogP contribution in [0.5, 0.6) is 0 Å². The molecule has 0 amide bonds. The number of nitrogens with one attached hydrogen (secondary N) is 2. The number of carbonyl (C=O) groups excluding carboxylic acids is 2. The number of pyridine rings is 1. The lowest BCUT2D eigenvalue weighted by Crippen LogP contribution is -2.26. The third-order valence-electron chi connectivity index (χ3n) is 5.16. The van der Waals surface area contributed by atoms with Crippen molar-refractivity contribution >= 4 is 22.9 Å². The lowest BCUT2D eigenvalue weighted by Gasteiger charge is -2.24. The van der Waals surface area contributed by atoms with Crippen molar-refractivity contribution in [3.63, 3.8) is 0 Å².